The average Bonchev–Trinajstić information content (AvgIpc) is 2.19. The molecule has 2 atom stereocenters. The van der Waals surface area contributed by atoms with Crippen LogP contribution in [0.3, 0.4) is 0 Å². The molecule has 0 aliphatic heterocycles. The zero-order valence-corrected chi connectivity index (χ0v) is 10.2. The Balaban J connectivity index is 2.20. The van der Waals surface area contributed by atoms with E-state index < -0.39 is 0 Å². The fourth-order valence-corrected chi connectivity index (χ4v) is 1.80. The standard InChI is InChI=1S/C11H17AsO/c12-11(9-13)8-4-7-10-5-2-1-3-6-10/h1-3,5-6,11,13H,4,7-9,12H2/t11-/m1/s1. The summed E-state index contributed by atoms with van der Waals surface area (Å²) in [6.45, 7) is 0.342. The van der Waals surface area contributed by atoms with Gasteiger partial charge in [0.25, 0.3) is 0 Å². The van der Waals surface area contributed by atoms with E-state index in [9.17, 15) is 0 Å². The summed E-state index contributed by atoms with van der Waals surface area (Å²) in [5.74, 6) is 0. The summed E-state index contributed by atoms with van der Waals surface area (Å²) >= 11 is 1.65. The molecule has 2 heteroatoms. The van der Waals surface area contributed by atoms with Gasteiger partial charge in [0.1, 0.15) is 0 Å². The van der Waals surface area contributed by atoms with Gasteiger partial charge < -0.3 is 0 Å². The van der Waals surface area contributed by atoms with Gasteiger partial charge >= 0.3 is 88.4 Å². The average molecular weight is 240 g/mol. The molecule has 1 nitrogen and oxygen atoms in total. The zero-order valence-electron chi connectivity index (χ0n) is 7.82. The monoisotopic (exact) mass is 240 g/mol. The van der Waals surface area contributed by atoms with Crippen LogP contribution < -0.4 is 0 Å². The minimum atomic E-state index is 0.342. The summed E-state index contributed by atoms with van der Waals surface area (Å²) in [4.78, 5) is 0. The predicted octanol–water partition coefficient (Wildman–Crippen LogP) is 1.42. The minimum absolute atomic E-state index is 0.342. The number of hydrogen-bond acceptors (Lipinski definition) is 1. The Morgan fingerprint density at radius 1 is 1.23 bits per heavy atom. The molecule has 0 saturated heterocycles. The molecule has 72 valence electrons. The second-order valence-electron chi connectivity index (χ2n) is 3.32. The second kappa shape index (κ2) is 6.23. The first kappa shape index (κ1) is 10.8. The molecule has 0 aromatic heterocycles. The van der Waals surface area contributed by atoms with E-state index in [0.717, 1.165) is 12.8 Å². The van der Waals surface area contributed by atoms with Crippen LogP contribution in [0.5, 0.6) is 0 Å². The van der Waals surface area contributed by atoms with Crippen LogP contribution in [-0.4, -0.2) is 28.6 Å². The van der Waals surface area contributed by atoms with Crippen molar-refractivity contribution in [2.24, 2.45) is 0 Å². The fraction of sp³-hybridized carbons (Fsp3) is 0.455. The van der Waals surface area contributed by atoms with Crippen molar-refractivity contribution in [2.45, 2.75) is 24.0 Å². The third-order valence-corrected chi connectivity index (χ3v) is 3.26. The number of aliphatic hydroxyl groups excluding tert-OH is 1. The van der Waals surface area contributed by atoms with Crippen molar-refractivity contribution in [1.29, 1.82) is 0 Å². The van der Waals surface area contributed by atoms with Gasteiger partial charge in [0.2, 0.25) is 0 Å². The molecule has 0 aliphatic carbocycles. The van der Waals surface area contributed by atoms with E-state index in [1.54, 1.807) is 16.9 Å². The first-order valence-corrected chi connectivity index (χ1v) is 6.13. The van der Waals surface area contributed by atoms with Gasteiger partial charge in [0.05, 0.1) is 0 Å². The van der Waals surface area contributed by atoms with E-state index in [1.807, 2.05) is 6.07 Å². The van der Waals surface area contributed by atoms with Crippen LogP contribution in [0.1, 0.15) is 18.4 Å². The number of benzene rings is 1. The molecule has 0 bridgehead atoms. The summed E-state index contributed by atoms with van der Waals surface area (Å²) in [5.41, 5.74) is 1.40. The Bertz CT molecular complexity index is 223. The molecule has 1 aromatic rings. The Labute approximate surface area is 88.7 Å². The van der Waals surface area contributed by atoms with Crippen molar-refractivity contribution in [3.05, 3.63) is 35.9 Å². The van der Waals surface area contributed by atoms with Crippen molar-refractivity contribution in [3.63, 3.8) is 0 Å². The number of hydrogen-bond donors (Lipinski definition) is 1. The number of aryl methyl sites for hydroxylation is 1. The molecule has 1 aromatic carbocycles. The first-order chi connectivity index (χ1) is 6.33. The molecule has 13 heavy (non-hydrogen) atoms. The second-order valence-corrected chi connectivity index (χ2v) is 5.30. The van der Waals surface area contributed by atoms with Gasteiger partial charge in [-0.2, -0.15) is 0 Å². The van der Waals surface area contributed by atoms with E-state index >= 15 is 0 Å². The molecule has 0 aliphatic rings. The van der Waals surface area contributed by atoms with E-state index in [4.69, 9.17) is 5.11 Å². The first-order valence-electron chi connectivity index (χ1n) is 4.73. The van der Waals surface area contributed by atoms with Gasteiger partial charge in [0.15, 0.2) is 0 Å². The van der Waals surface area contributed by atoms with E-state index in [1.165, 1.54) is 12.0 Å². The Morgan fingerprint density at radius 2 is 1.92 bits per heavy atom. The molecule has 0 fully saturated rings. The van der Waals surface area contributed by atoms with Crippen LogP contribution in [0, 0.1) is 0 Å². The predicted molar refractivity (Wildman–Crippen MR) is 58.8 cm³/mol. The maximum atomic E-state index is 8.85. The Morgan fingerprint density at radius 3 is 2.54 bits per heavy atom. The van der Waals surface area contributed by atoms with E-state index in [-0.39, 0.29) is 0 Å². The van der Waals surface area contributed by atoms with Crippen LogP contribution in [0.4, 0.5) is 0 Å². The third kappa shape index (κ3) is 4.49. The molecular weight excluding hydrogens is 223 g/mol. The summed E-state index contributed by atoms with van der Waals surface area (Å²) in [6, 6.07) is 10.5. The van der Waals surface area contributed by atoms with E-state index in [2.05, 4.69) is 24.3 Å². The van der Waals surface area contributed by atoms with Crippen molar-refractivity contribution >= 4 is 16.9 Å². The fourth-order valence-electron chi connectivity index (χ4n) is 1.30. The molecule has 1 N–H and O–H groups in total. The SMILES string of the molecule is OC[C@H]([AsH2])CCCc1ccccc1. The molecular formula is C11H17AsO. The molecule has 0 saturated carbocycles. The third-order valence-electron chi connectivity index (χ3n) is 2.12. The quantitative estimate of drug-likeness (QED) is 0.772. The Kier molecular flexibility index (Phi) is 5.19. The zero-order chi connectivity index (χ0) is 9.52. The van der Waals surface area contributed by atoms with E-state index in [0.29, 0.717) is 11.3 Å². The maximum absolute atomic E-state index is 8.85. The van der Waals surface area contributed by atoms with Crippen LogP contribution >= 0.6 is 0 Å². The normalized spacial score (nSPS) is 12.8. The van der Waals surface area contributed by atoms with Gasteiger partial charge in [0, 0.05) is 0 Å². The van der Waals surface area contributed by atoms with Crippen LogP contribution in [0.25, 0.3) is 0 Å². The van der Waals surface area contributed by atoms with Crippen molar-refractivity contribution in [2.75, 3.05) is 6.61 Å². The van der Waals surface area contributed by atoms with Gasteiger partial charge in [-0.3, -0.25) is 0 Å². The molecule has 0 heterocycles. The van der Waals surface area contributed by atoms with Gasteiger partial charge in [-0.15, -0.1) is 0 Å². The molecule has 1 rings (SSSR count). The number of aliphatic hydroxyl groups is 1. The van der Waals surface area contributed by atoms with Gasteiger partial charge in [-0.05, 0) is 0 Å². The van der Waals surface area contributed by atoms with Crippen molar-refractivity contribution in [1.82, 2.24) is 0 Å². The van der Waals surface area contributed by atoms with Gasteiger partial charge in [-0.25, -0.2) is 0 Å². The molecule has 0 radical (unpaired) electrons. The topological polar surface area (TPSA) is 20.2 Å². The molecule has 1 unspecified atom stereocenters. The number of rotatable bonds is 5. The molecule has 0 spiro atoms. The van der Waals surface area contributed by atoms with Crippen LogP contribution in [0.2, 0.25) is 4.71 Å². The van der Waals surface area contributed by atoms with Crippen molar-refractivity contribution in [3.8, 4) is 0 Å². The summed E-state index contributed by atoms with van der Waals surface area (Å²) < 4.78 is 0.510. The van der Waals surface area contributed by atoms with Crippen molar-refractivity contribution < 1.29 is 5.11 Å². The molecule has 0 amide bonds. The Hall–Kier alpha value is -0.262. The summed E-state index contributed by atoms with van der Waals surface area (Å²) in [7, 11) is 0. The summed E-state index contributed by atoms with van der Waals surface area (Å²) in [5, 5.41) is 8.85. The van der Waals surface area contributed by atoms with Crippen LogP contribution in [-0.2, 0) is 6.42 Å². The van der Waals surface area contributed by atoms with Crippen LogP contribution in [0.15, 0.2) is 30.3 Å². The van der Waals surface area contributed by atoms with Gasteiger partial charge in [-0.1, -0.05) is 0 Å². The summed E-state index contributed by atoms with van der Waals surface area (Å²) in [6.07, 6.45) is 3.47.